The van der Waals surface area contributed by atoms with E-state index in [0.717, 1.165) is 37.2 Å². The Morgan fingerprint density at radius 3 is 2.10 bits per heavy atom. The van der Waals surface area contributed by atoms with Gasteiger partial charge in [0.1, 0.15) is 0 Å². The van der Waals surface area contributed by atoms with Crippen molar-refractivity contribution < 1.29 is 9.59 Å². The van der Waals surface area contributed by atoms with Crippen LogP contribution in [-0.4, -0.2) is 46.8 Å². The first-order valence-corrected chi connectivity index (χ1v) is 10.8. The minimum absolute atomic E-state index is 0.000374. The second-order valence-electron chi connectivity index (χ2n) is 9.04. The lowest BCUT2D eigenvalue weighted by Crippen LogP contribution is -2.50. The summed E-state index contributed by atoms with van der Waals surface area (Å²) in [6.45, 7) is 8.77. The predicted molar refractivity (Wildman–Crippen MR) is 121 cm³/mol. The van der Waals surface area contributed by atoms with Crippen LogP contribution in [0, 0.1) is 5.92 Å². The van der Waals surface area contributed by atoms with Crippen molar-refractivity contribution in [3.63, 3.8) is 0 Å². The van der Waals surface area contributed by atoms with E-state index >= 15 is 0 Å². The zero-order chi connectivity index (χ0) is 21.6. The molecule has 1 aliphatic rings. The first-order valence-electron chi connectivity index (χ1n) is 10.8. The Bertz CT molecular complexity index is 822. The van der Waals surface area contributed by atoms with Gasteiger partial charge in [-0.1, -0.05) is 48.5 Å². The van der Waals surface area contributed by atoms with E-state index < -0.39 is 0 Å². The molecule has 1 N–H and O–H groups in total. The van der Waals surface area contributed by atoms with Crippen LogP contribution < -0.4 is 5.32 Å². The molecule has 2 aromatic rings. The summed E-state index contributed by atoms with van der Waals surface area (Å²) in [7, 11) is 0. The molecule has 160 valence electrons. The number of rotatable bonds is 6. The number of likely N-dealkylation sites (tertiary alicyclic amines) is 1. The highest BCUT2D eigenvalue weighted by molar-refractivity contribution is 5.92. The van der Waals surface area contributed by atoms with Crippen molar-refractivity contribution >= 4 is 17.5 Å². The van der Waals surface area contributed by atoms with Crippen LogP contribution in [0.2, 0.25) is 0 Å². The number of benzene rings is 2. The van der Waals surface area contributed by atoms with Crippen molar-refractivity contribution in [2.45, 2.75) is 45.7 Å². The van der Waals surface area contributed by atoms with Gasteiger partial charge >= 0.3 is 0 Å². The summed E-state index contributed by atoms with van der Waals surface area (Å²) in [5, 5.41) is 3.00. The van der Waals surface area contributed by atoms with Crippen molar-refractivity contribution in [3.05, 3.63) is 66.2 Å². The molecule has 2 amide bonds. The van der Waals surface area contributed by atoms with Gasteiger partial charge < -0.3 is 10.2 Å². The van der Waals surface area contributed by atoms with Crippen molar-refractivity contribution in [2.75, 3.05) is 25.0 Å². The number of nitrogens with zero attached hydrogens (tertiary/aromatic N) is 2. The molecule has 0 radical (unpaired) electrons. The van der Waals surface area contributed by atoms with Crippen LogP contribution in [0.5, 0.6) is 0 Å². The first kappa shape index (κ1) is 22.0. The van der Waals surface area contributed by atoms with Gasteiger partial charge in [0.15, 0.2) is 0 Å². The number of hydrogen-bond donors (Lipinski definition) is 1. The average molecular weight is 408 g/mol. The topological polar surface area (TPSA) is 52.7 Å². The third kappa shape index (κ3) is 6.17. The van der Waals surface area contributed by atoms with Gasteiger partial charge in [-0.05, 0) is 64.4 Å². The van der Waals surface area contributed by atoms with E-state index in [9.17, 15) is 9.59 Å². The lowest BCUT2D eigenvalue weighted by Gasteiger charge is -2.38. The van der Waals surface area contributed by atoms with Crippen molar-refractivity contribution in [2.24, 2.45) is 5.92 Å². The number of carbonyl (C=O) groups excluding carboxylic acids is 2. The molecule has 0 aliphatic carbocycles. The summed E-state index contributed by atoms with van der Waals surface area (Å²) in [6, 6.07) is 19.7. The number of anilines is 1. The molecule has 0 spiro atoms. The summed E-state index contributed by atoms with van der Waals surface area (Å²) in [6.07, 6.45) is 1.56. The van der Waals surface area contributed by atoms with E-state index in [2.05, 4.69) is 43.1 Å². The molecule has 3 rings (SSSR count). The second-order valence-corrected chi connectivity index (χ2v) is 9.04. The number of nitrogens with one attached hydrogen (secondary N) is 1. The summed E-state index contributed by atoms with van der Waals surface area (Å²) in [5.41, 5.74) is 1.72. The van der Waals surface area contributed by atoms with Crippen LogP contribution in [0.4, 0.5) is 5.69 Å². The molecule has 0 unspecified atom stereocenters. The Morgan fingerprint density at radius 1 is 0.967 bits per heavy atom. The molecule has 0 aromatic heterocycles. The molecule has 0 saturated carbocycles. The van der Waals surface area contributed by atoms with Gasteiger partial charge in [0.2, 0.25) is 11.8 Å². The van der Waals surface area contributed by atoms with E-state index in [1.54, 1.807) is 0 Å². The number of hydrogen-bond acceptors (Lipinski definition) is 3. The molecule has 5 heteroatoms. The molecular weight excluding hydrogens is 374 g/mol. The smallest absolute Gasteiger partial charge is 0.237 e. The third-order valence-corrected chi connectivity index (χ3v) is 5.65. The molecular formula is C25H33N3O2. The zero-order valence-electron chi connectivity index (χ0n) is 18.3. The number of para-hydroxylation sites is 1. The minimum Gasteiger partial charge on any atom is -0.332 e. The zero-order valence-corrected chi connectivity index (χ0v) is 18.3. The van der Waals surface area contributed by atoms with Gasteiger partial charge in [0.25, 0.3) is 0 Å². The van der Waals surface area contributed by atoms with Gasteiger partial charge in [-0.2, -0.15) is 0 Å². The predicted octanol–water partition coefficient (Wildman–Crippen LogP) is 4.16. The van der Waals surface area contributed by atoms with Crippen LogP contribution in [0.3, 0.4) is 0 Å². The molecule has 1 heterocycles. The first-order chi connectivity index (χ1) is 14.3. The number of carbonyl (C=O) groups is 2. The largest absolute Gasteiger partial charge is 0.332 e. The van der Waals surface area contributed by atoms with Crippen LogP contribution in [0.15, 0.2) is 60.7 Å². The Labute approximate surface area is 180 Å². The highest BCUT2D eigenvalue weighted by Gasteiger charge is 2.30. The van der Waals surface area contributed by atoms with Crippen LogP contribution in [0.1, 0.15) is 39.2 Å². The van der Waals surface area contributed by atoms with Gasteiger partial charge in [-0.25, -0.2) is 0 Å². The minimum atomic E-state index is -0.249. The maximum atomic E-state index is 13.1. The summed E-state index contributed by atoms with van der Waals surface area (Å²) >= 11 is 0. The molecule has 2 aromatic carbocycles. The second kappa shape index (κ2) is 9.90. The summed E-state index contributed by atoms with van der Waals surface area (Å²) < 4.78 is 0. The quantitative estimate of drug-likeness (QED) is 0.782. The molecule has 0 bridgehead atoms. The summed E-state index contributed by atoms with van der Waals surface area (Å²) in [4.78, 5) is 29.8. The maximum Gasteiger partial charge on any atom is 0.237 e. The highest BCUT2D eigenvalue weighted by atomic mass is 16.2. The number of amides is 2. The molecule has 30 heavy (non-hydrogen) atoms. The lowest BCUT2D eigenvalue weighted by atomic mass is 9.95. The van der Waals surface area contributed by atoms with Crippen LogP contribution in [-0.2, 0) is 16.1 Å². The number of piperidine rings is 1. The summed E-state index contributed by atoms with van der Waals surface area (Å²) in [5.74, 6) is 0.214. The fourth-order valence-corrected chi connectivity index (χ4v) is 3.86. The normalized spacial score (nSPS) is 15.6. The lowest BCUT2D eigenvalue weighted by molar-refractivity contribution is -0.138. The van der Waals surface area contributed by atoms with Gasteiger partial charge in [-0.3, -0.25) is 14.5 Å². The van der Waals surface area contributed by atoms with Gasteiger partial charge in [-0.15, -0.1) is 0 Å². The Balaban J connectivity index is 1.52. The monoisotopic (exact) mass is 407 g/mol. The highest BCUT2D eigenvalue weighted by Crippen LogP contribution is 2.22. The van der Waals surface area contributed by atoms with E-state index in [1.807, 2.05) is 53.4 Å². The van der Waals surface area contributed by atoms with E-state index in [-0.39, 0.29) is 23.3 Å². The molecule has 0 atom stereocenters. The van der Waals surface area contributed by atoms with Crippen molar-refractivity contribution in [1.82, 2.24) is 9.80 Å². The molecule has 5 nitrogen and oxygen atoms in total. The van der Waals surface area contributed by atoms with Gasteiger partial charge in [0.05, 0.1) is 6.54 Å². The maximum absolute atomic E-state index is 13.1. The van der Waals surface area contributed by atoms with Crippen LogP contribution in [0.25, 0.3) is 0 Å². The van der Waals surface area contributed by atoms with E-state index in [4.69, 9.17) is 0 Å². The fraction of sp³-hybridized carbons (Fsp3) is 0.440. The SMILES string of the molecule is CC(C)(C)N(Cc1ccccc1)C(=O)CN1CCC(C(=O)Nc2ccccc2)CC1. The fourth-order valence-electron chi connectivity index (χ4n) is 3.86. The van der Waals surface area contributed by atoms with E-state index in [1.165, 1.54) is 0 Å². The van der Waals surface area contributed by atoms with E-state index in [0.29, 0.717) is 13.1 Å². The molecule has 1 fully saturated rings. The standard InChI is InChI=1S/C25H33N3O2/c1-25(2,3)28(18-20-10-6-4-7-11-20)23(29)19-27-16-14-21(15-17-27)24(30)26-22-12-8-5-9-13-22/h4-13,21H,14-19H2,1-3H3,(H,26,30). The van der Waals surface area contributed by atoms with Crippen molar-refractivity contribution in [1.29, 1.82) is 0 Å². The van der Waals surface area contributed by atoms with Gasteiger partial charge in [0, 0.05) is 23.7 Å². The third-order valence-electron chi connectivity index (χ3n) is 5.65. The Morgan fingerprint density at radius 2 is 1.53 bits per heavy atom. The van der Waals surface area contributed by atoms with Crippen molar-refractivity contribution in [3.8, 4) is 0 Å². The Kier molecular flexibility index (Phi) is 7.27. The van der Waals surface area contributed by atoms with Crippen LogP contribution >= 0.6 is 0 Å². The molecule has 1 aliphatic heterocycles. The Hall–Kier alpha value is -2.66. The average Bonchev–Trinajstić information content (AvgIpc) is 2.73. The molecule has 1 saturated heterocycles.